The van der Waals surface area contributed by atoms with E-state index in [4.69, 9.17) is 14.2 Å². The van der Waals surface area contributed by atoms with Gasteiger partial charge in [0.1, 0.15) is 6.10 Å². The molecule has 22 heavy (non-hydrogen) atoms. The van der Waals surface area contributed by atoms with Gasteiger partial charge in [-0.15, -0.1) is 0 Å². The number of morpholine rings is 1. The van der Waals surface area contributed by atoms with E-state index in [-0.39, 0.29) is 24.2 Å². The number of nitrogens with zero attached hydrogens (tertiary/aromatic N) is 1. The minimum Gasteiger partial charge on any atom is -0.376 e. The normalized spacial score (nSPS) is 31.2. The molecule has 3 rings (SSSR count). The number of carbonyl (C=O) groups is 1. The molecule has 0 radical (unpaired) electrons. The Bertz CT molecular complexity index is 346. The summed E-state index contributed by atoms with van der Waals surface area (Å²) in [6.07, 6.45) is 5.60. The van der Waals surface area contributed by atoms with E-state index in [1.54, 1.807) is 0 Å². The van der Waals surface area contributed by atoms with Gasteiger partial charge in [0.15, 0.2) is 0 Å². The Morgan fingerprint density at radius 1 is 1.14 bits per heavy atom. The maximum Gasteiger partial charge on any atom is 0.253 e. The van der Waals surface area contributed by atoms with Gasteiger partial charge in [0.2, 0.25) is 0 Å². The van der Waals surface area contributed by atoms with Gasteiger partial charge in [-0.1, -0.05) is 0 Å². The van der Waals surface area contributed by atoms with Crippen LogP contribution in [0.1, 0.15) is 32.1 Å². The third kappa shape index (κ3) is 4.41. The van der Waals surface area contributed by atoms with Crippen molar-refractivity contribution in [1.29, 1.82) is 0 Å². The summed E-state index contributed by atoms with van der Waals surface area (Å²) in [5.41, 5.74) is 0. The van der Waals surface area contributed by atoms with Crippen molar-refractivity contribution in [2.75, 3.05) is 46.0 Å². The van der Waals surface area contributed by atoms with Gasteiger partial charge in [0.05, 0.1) is 25.4 Å². The molecule has 1 amide bonds. The van der Waals surface area contributed by atoms with Gasteiger partial charge in [-0.2, -0.15) is 0 Å². The van der Waals surface area contributed by atoms with Crippen LogP contribution in [-0.4, -0.2) is 75.1 Å². The molecule has 6 heteroatoms. The fraction of sp³-hybridized carbons (Fsp3) is 0.938. The van der Waals surface area contributed by atoms with Crippen LogP contribution < -0.4 is 5.32 Å². The molecule has 0 aromatic rings. The van der Waals surface area contributed by atoms with Crippen LogP contribution in [0, 0.1) is 0 Å². The third-order valence-corrected chi connectivity index (χ3v) is 4.75. The SMILES string of the molecule is O=C(C1CNCCO1)N1CCC(OCC2CCCCO2)CC1. The van der Waals surface area contributed by atoms with E-state index in [2.05, 4.69) is 5.32 Å². The quantitative estimate of drug-likeness (QED) is 0.821. The average Bonchev–Trinajstić information content (AvgIpc) is 2.61. The number of hydrogen-bond acceptors (Lipinski definition) is 5. The highest BCUT2D eigenvalue weighted by molar-refractivity contribution is 5.81. The molecule has 126 valence electrons. The molecule has 0 aromatic carbocycles. The van der Waals surface area contributed by atoms with Crippen LogP contribution >= 0.6 is 0 Å². The van der Waals surface area contributed by atoms with E-state index in [0.29, 0.717) is 19.8 Å². The van der Waals surface area contributed by atoms with Crippen molar-refractivity contribution in [3.63, 3.8) is 0 Å². The molecule has 0 spiro atoms. The van der Waals surface area contributed by atoms with Gasteiger partial charge in [0, 0.05) is 32.8 Å². The molecule has 2 atom stereocenters. The molecule has 3 aliphatic rings. The number of likely N-dealkylation sites (tertiary alicyclic amines) is 1. The maximum absolute atomic E-state index is 12.4. The molecule has 1 N–H and O–H groups in total. The summed E-state index contributed by atoms with van der Waals surface area (Å²) in [5.74, 6) is 0.126. The van der Waals surface area contributed by atoms with Crippen LogP contribution in [0.5, 0.6) is 0 Å². The van der Waals surface area contributed by atoms with E-state index >= 15 is 0 Å². The molecule has 0 aromatic heterocycles. The Kier molecular flexibility index (Phi) is 6.06. The second kappa shape index (κ2) is 8.24. The van der Waals surface area contributed by atoms with E-state index < -0.39 is 0 Å². The highest BCUT2D eigenvalue weighted by Crippen LogP contribution is 2.18. The number of carbonyl (C=O) groups excluding carboxylic acids is 1. The number of piperidine rings is 1. The van der Waals surface area contributed by atoms with Gasteiger partial charge in [-0.25, -0.2) is 0 Å². The largest absolute Gasteiger partial charge is 0.376 e. The monoisotopic (exact) mass is 312 g/mol. The molecule has 3 aliphatic heterocycles. The lowest BCUT2D eigenvalue weighted by atomic mass is 10.1. The molecule has 6 nitrogen and oxygen atoms in total. The average molecular weight is 312 g/mol. The van der Waals surface area contributed by atoms with Gasteiger partial charge < -0.3 is 24.4 Å². The highest BCUT2D eigenvalue weighted by Gasteiger charge is 2.30. The van der Waals surface area contributed by atoms with Crippen LogP contribution in [0.25, 0.3) is 0 Å². The van der Waals surface area contributed by atoms with E-state index in [1.807, 2.05) is 4.90 Å². The maximum atomic E-state index is 12.4. The highest BCUT2D eigenvalue weighted by atomic mass is 16.5. The van der Waals surface area contributed by atoms with Gasteiger partial charge in [-0.3, -0.25) is 4.79 Å². The zero-order chi connectivity index (χ0) is 15.2. The first-order valence-corrected chi connectivity index (χ1v) is 8.67. The first-order chi connectivity index (χ1) is 10.8. The second-order valence-corrected chi connectivity index (χ2v) is 6.41. The van der Waals surface area contributed by atoms with Crippen molar-refractivity contribution in [2.24, 2.45) is 0 Å². The number of ether oxygens (including phenoxy) is 3. The Morgan fingerprint density at radius 2 is 2.00 bits per heavy atom. The number of hydrogen-bond donors (Lipinski definition) is 1. The van der Waals surface area contributed by atoms with Crippen molar-refractivity contribution in [2.45, 2.75) is 50.4 Å². The lowest BCUT2D eigenvalue weighted by Gasteiger charge is -2.35. The van der Waals surface area contributed by atoms with Crippen molar-refractivity contribution in [3.05, 3.63) is 0 Å². The van der Waals surface area contributed by atoms with Gasteiger partial charge in [-0.05, 0) is 32.1 Å². The van der Waals surface area contributed by atoms with Crippen molar-refractivity contribution in [1.82, 2.24) is 10.2 Å². The van der Waals surface area contributed by atoms with Crippen LogP contribution in [0.2, 0.25) is 0 Å². The fourth-order valence-electron chi connectivity index (χ4n) is 3.35. The molecule has 3 heterocycles. The van der Waals surface area contributed by atoms with Crippen LogP contribution in [0.15, 0.2) is 0 Å². The van der Waals surface area contributed by atoms with Gasteiger partial charge >= 0.3 is 0 Å². The molecular formula is C16H28N2O4. The molecule has 0 bridgehead atoms. The smallest absolute Gasteiger partial charge is 0.253 e. The molecule has 3 saturated heterocycles. The fourth-order valence-corrected chi connectivity index (χ4v) is 3.35. The van der Waals surface area contributed by atoms with Crippen molar-refractivity contribution in [3.8, 4) is 0 Å². The summed E-state index contributed by atoms with van der Waals surface area (Å²) in [5, 5.41) is 3.21. The molecule has 3 fully saturated rings. The van der Waals surface area contributed by atoms with Gasteiger partial charge in [0.25, 0.3) is 5.91 Å². The lowest BCUT2D eigenvalue weighted by molar-refractivity contribution is -0.148. The number of rotatable bonds is 4. The summed E-state index contributed by atoms with van der Waals surface area (Å²) in [7, 11) is 0. The lowest BCUT2D eigenvalue weighted by Crippen LogP contribution is -2.52. The molecule has 0 saturated carbocycles. The standard InChI is InChI=1S/C16H28N2O4/c19-16(15-11-17-6-10-21-15)18-7-4-13(5-8-18)22-12-14-3-1-2-9-20-14/h13-15,17H,1-12H2. The Labute approximate surface area is 132 Å². The van der Waals surface area contributed by atoms with Crippen molar-refractivity contribution >= 4 is 5.91 Å². The van der Waals surface area contributed by atoms with E-state index in [0.717, 1.165) is 45.5 Å². The summed E-state index contributed by atoms with van der Waals surface area (Å²) < 4.78 is 17.2. The Balaban J connectivity index is 1.35. The summed E-state index contributed by atoms with van der Waals surface area (Å²) in [6, 6.07) is 0. The zero-order valence-electron chi connectivity index (χ0n) is 13.3. The minimum absolute atomic E-state index is 0.126. The van der Waals surface area contributed by atoms with E-state index in [1.165, 1.54) is 12.8 Å². The van der Waals surface area contributed by atoms with Crippen LogP contribution in [0.4, 0.5) is 0 Å². The Hall–Kier alpha value is -0.690. The molecular weight excluding hydrogens is 284 g/mol. The number of nitrogens with one attached hydrogen (secondary N) is 1. The topological polar surface area (TPSA) is 60.0 Å². The Morgan fingerprint density at radius 3 is 2.68 bits per heavy atom. The van der Waals surface area contributed by atoms with Crippen LogP contribution in [-0.2, 0) is 19.0 Å². The zero-order valence-corrected chi connectivity index (χ0v) is 13.3. The first kappa shape index (κ1) is 16.2. The van der Waals surface area contributed by atoms with Crippen molar-refractivity contribution < 1.29 is 19.0 Å². The molecule has 0 aliphatic carbocycles. The molecule has 2 unspecified atom stereocenters. The summed E-state index contributed by atoms with van der Waals surface area (Å²) in [4.78, 5) is 14.3. The predicted molar refractivity (Wildman–Crippen MR) is 81.8 cm³/mol. The summed E-state index contributed by atoms with van der Waals surface area (Å²) in [6.45, 7) is 5.21. The first-order valence-electron chi connectivity index (χ1n) is 8.67. The minimum atomic E-state index is -0.304. The second-order valence-electron chi connectivity index (χ2n) is 6.41. The summed E-state index contributed by atoms with van der Waals surface area (Å²) >= 11 is 0. The number of amides is 1. The van der Waals surface area contributed by atoms with E-state index in [9.17, 15) is 4.79 Å². The van der Waals surface area contributed by atoms with Crippen LogP contribution in [0.3, 0.4) is 0 Å². The predicted octanol–water partition coefficient (Wildman–Crippen LogP) is 0.552. The third-order valence-electron chi connectivity index (χ3n) is 4.75.